The second-order valence-electron chi connectivity index (χ2n) is 5.64. The van der Waals surface area contributed by atoms with E-state index in [4.69, 9.17) is 9.47 Å². The van der Waals surface area contributed by atoms with E-state index in [9.17, 15) is 0 Å². The van der Waals surface area contributed by atoms with E-state index < -0.39 is 0 Å². The van der Waals surface area contributed by atoms with Gasteiger partial charge in [-0.25, -0.2) is 0 Å². The average Bonchev–Trinajstić information content (AvgIpc) is 2.67. The Morgan fingerprint density at radius 1 is 1.25 bits per heavy atom. The van der Waals surface area contributed by atoms with E-state index in [0.29, 0.717) is 17.9 Å². The molecule has 112 valence electrons. The topological polar surface area (TPSA) is 30.5 Å². The zero-order valence-electron chi connectivity index (χ0n) is 12.8. The van der Waals surface area contributed by atoms with Crippen LogP contribution < -0.4 is 10.1 Å². The quantitative estimate of drug-likeness (QED) is 0.903. The van der Waals surface area contributed by atoms with Crippen molar-refractivity contribution in [3.8, 4) is 5.75 Å². The van der Waals surface area contributed by atoms with Crippen molar-refractivity contribution < 1.29 is 9.47 Å². The van der Waals surface area contributed by atoms with E-state index in [1.165, 1.54) is 5.56 Å². The van der Waals surface area contributed by atoms with E-state index in [0.717, 1.165) is 10.2 Å². The van der Waals surface area contributed by atoms with Crippen LogP contribution in [-0.4, -0.2) is 26.4 Å². The van der Waals surface area contributed by atoms with Crippen molar-refractivity contribution in [1.82, 2.24) is 5.32 Å². The molecule has 1 aromatic carbocycles. The van der Waals surface area contributed by atoms with E-state index in [1.54, 1.807) is 7.11 Å². The standard InChI is InChI=1S/C16H24BrNO2/c1-9-10(2)20-11(3)15(9)16(18-4)13-8-12(17)6-7-14(13)19-5/h6-11,15-16,18H,1-5H3. The summed E-state index contributed by atoms with van der Waals surface area (Å²) in [5, 5.41) is 3.46. The normalized spacial score (nSPS) is 31.3. The van der Waals surface area contributed by atoms with E-state index in [2.05, 4.69) is 48.1 Å². The number of rotatable bonds is 4. The summed E-state index contributed by atoms with van der Waals surface area (Å²) < 4.78 is 12.6. The fraction of sp³-hybridized carbons (Fsp3) is 0.625. The third-order valence-electron chi connectivity index (χ3n) is 4.54. The fourth-order valence-corrected chi connectivity index (χ4v) is 3.75. The predicted molar refractivity (Wildman–Crippen MR) is 85.2 cm³/mol. The minimum absolute atomic E-state index is 0.220. The molecule has 3 nitrogen and oxygen atoms in total. The minimum Gasteiger partial charge on any atom is -0.496 e. The van der Waals surface area contributed by atoms with Crippen LogP contribution in [-0.2, 0) is 4.74 Å². The second-order valence-corrected chi connectivity index (χ2v) is 6.55. The molecule has 1 fully saturated rings. The Morgan fingerprint density at radius 3 is 2.45 bits per heavy atom. The molecular weight excluding hydrogens is 318 g/mol. The molecule has 2 rings (SSSR count). The van der Waals surface area contributed by atoms with Crippen molar-refractivity contribution in [2.45, 2.75) is 39.0 Å². The van der Waals surface area contributed by atoms with E-state index >= 15 is 0 Å². The molecule has 0 saturated carbocycles. The van der Waals surface area contributed by atoms with Gasteiger partial charge in [0.15, 0.2) is 0 Å². The van der Waals surface area contributed by atoms with Gasteiger partial charge in [-0.3, -0.25) is 0 Å². The van der Waals surface area contributed by atoms with Gasteiger partial charge in [-0.05, 0) is 45.0 Å². The molecule has 5 unspecified atom stereocenters. The molecule has 0 amide bonds. The van der Waals surface area contributed by atoms with Crippen LogP contribution in [0.15, 0.2) is 22.7 Å². The summed E-state index contributed by atoms with van der Waals surface area (Å²) in [6, 6.07) is 6.38. The largest absolute Gasteiger partial charge is 0.496 e. The summed E-state index contributed by atoms with van der Waals surface area (Å²) in [5.41, 5.74) is 1.19. The highest BCUT2D eigenvalue weighted by atomic mass is 79.9. The first kappa shape index (κ1) is 15.8. The summed E-state index contributed by atoms with van der Waals surface area (Å²) >= 11 is 3.56. The molecule has 1 aliphatic heterocycles. The SMILES string of the molecule is CNC(c1cc(Br)ccc1OC)C1C(C)OC(C)C1C. The van der Waals surface area contributed by atoms with Gasteiger partial charge in [0.05, 0.1) is 19.3 Å². The smallest absolute Gasteiger partial charge is 0.123 e. The first-order chi connectivity index (χ1) is 9.49. The molecule has 1 N–H and O–H groups in total. The molecular formula is C16H24BrNO2. The van der Waals surface area contributed by atoms with Gasteiger partial charge >= 0.3 is 0 Å². The number of nitrogens with one attached hydrogen (secondary N) is 1. The number of hydrogen-bond acceptors (Lipinski definition) is 3. The third kappa shape index (κ3) is 2.87. The maximum absolute atomic E-state index is 6.00. The van der Waals surface area contributed by atoms with Crippen molar-refractivity contribution in [3.05, 3.63) is 28.2 Å². The van der Waals surface area contributed by atoms with Crippen LogP contribution in [0, 0.1) is 11.8 Å². The molecule has 1 heterocycles. The molecule has 1 saturated heterocycles. The van der Waals surface area contributed by atoms with Crippen LogP contribution >= 0.6 is 15.9 Å². The monoisotopic (exact) mass is 341 g/mol. The summed E-state index contributed by atoms with van der Waals surface area (Å²) in [5.74, 6) is 1.86. The lowest BCUT2D eigenvalue weighted by Gasteiger charge is -2.30. The zero-order chi connectivity index (χ0) is 14.9. The lowest BCUT2D eigenvalue weighted by molar-refractivity contribution is 0.0477. The van der Waals surface area contributed by atoms with Gasteiger partial charge in [0, 0.05) is 22.0 Å². The lowest BCUT2D eigenvalue weighted by Crippen LogP contribution is -2.33. The van der Waals surface area contributed by atoms with Crippen LogP contribution in [0.1, 0.15) is 32.4 Å². The average molecular weight is 342 g/mol. The first-order valence-electron chi connectivity index (χ1n) is 7.15. The van der Waals surface area contributed by atoms with Crippen LogP contribution in [0.5, 0.6) is 5.75 Å². The number of methoxy groups -OCH3 is 1. The molecule has 5 atom stereocenters. The Bertz CT molecular complexity index is 466. The van der Waals surface area contributed by atoms with Crippen molar-refractivity contribution >= 4 is 15.9 Å². The molecule has 20 heavy (non-hydrogen) atoms. The van der Waals surface area contributed by atoms with Crippen LogP contribution in [0.3, 0.4) is 0 Å². The highest BCUT2D eigenvalue weighted by molar-refractivity contribution is 9.10. The maximum Gasteiger partial charge on any atom is 0.123 e. The fourth-order valence-electron chi connectivity index (χ4n) is 3.37. The highest BCUT2D eigenvalue weighted by Gasteiger charge is 2.42. The van der Waals surface area contributed by atoms with Gasteiger partial charge in [0.25, 0.3) is 0 Å². The summed E-state index contributed by atoms with van der Waals surface area (Å²) in [4.78, 5) is 0. The van der Waals surface area contributed by atoms with Crippen LogP contribution in [0.25, 0.3) is 0 Å². The third-order valence-corrected chi connectivity index (χ3v) is 5.03. The summed E-state index contributed by atoms with van der Waals surface area (Å²) in [6.07, 6.45) is 0.533. The minimum atomic E-state index is 0.220. The number of halogens is 1. The second kappa shape index (κ2) is 6.46. The first-order valence-corrected chi connectivity index (χ1v) is 7.95. The van der Waals surface area contributed by atoms with Gasteiger partial charge in [0.2, 0.25) is 0 Å². The van der Waals surface area contributed by atoms with Gasteiger partial charge in [-0.2, -0.15) is 0 Å². The molecule has 1 aliphatic rings. The van der Waals surface area contributed by atoms with Crippen molar-refractivity contribution in [2.75, 3.05) is 14.2 Å². The Labute approximate surface area is 130 Å². The molecule has 0 spiro atoms. The molecule has 0 aliphatic carbocycles. The molecule has 1 aromatic rings. The van der Waals surface area contributed by atoms with Gasteiger partial charge in [0.1, 0.15) is 5.75 Å². The van der Waals surface area contributed by atoms with Crippen LogP contribution in [0.2, 0.25) is 0 Å². The molecule has 0 aromatic heterocycles. The van der Waals surface area contributed by atoms with Crippen molar-refractivity contribution in [3.63, 3.8) is 0 Å². The molecule has 0 bridgehead atoms. The van der Waals surface area contributed by atoms with E-state index in [1.807, 2.05) is 19.2 Å². The van der Waals surface area contributed by atoms with Crippen LogP contribution in [0.4, 0.5) is 0 Å². The van der Waals surface area contributed by atoms with Gasteiger partial charge in [-0.1, -0.05) is 22.9 Å². The number of hydrogen-bond donors (Lipinski definition) is 1. The van der Waals surface area contributed by atoms with Gasteiger partial charge in [-0.15, -0.1) is 0 Å². The zero-order valence-corrected chi connectivity index (χ0v) is 14.4. The Balaban J connectivity index is 2.40. The number of benzene rings is 1. The Kier molecular flexibility index (Phi) is 5.10. The van der Waals surface area contributed by atoms with Gasteiger partial charge < -0.3 is 14.8 Å². The molecule has 4 heteroatoms. The molecule has 0 radical (unpaired) electrons. The van der Waals surface area contributed by atoms with Crippen molar-refractivity contribution in [2.24, 2.45) is 11.8 Å². The summed E-state index contributed by atoms with van der Waals surface area (Å²) in [7, 11) is 3.73. The van der Waals surface area contributed by atoms with E-state index in [-0.39, 0.29) is 12.1 Å². The lowest BCUT2D eigenvalue weighted by atomic mass is 9.80. The Morgan fingerprint density at radius 2 is 1.95 bits per heavy atom. The Hall–Kier alpha value is -0.580. The maximum atomic E-state index is 6.00. The summed E-state index contributed by atoms with van der Waals surface area (Å²) in [6.45, 7) is 6.60. The number of ether oxygens (including phenoxy) is 2. The highest BCUT2D eigenvalue weighted by Crippen LogP contribution is 2.43. The predicted octanol–water partition coefficient (Wildman–Crippen LogP) is 3.78. The van der Waals surface area contributed by atoms with Crippen molar-refractivity contribution in [1.29, 1.82) is 0 Å².